The number of hydrogen-bond acceptors (Lipinski definition) is 3. The minimum Gasteiger partial charge on any atom is -0.345 e. The maximum Gasteiger partial charge on any atom is 0.270 e. The summed E-state index contributed by atoms with van der Waals surface area (Å²) in [5.41, 5.74) is 1.06. The van der Waals surface area contributed by atoms with E-state index in [-0.39, 0.29) is 22.3 Å². The van der Waals surface area contributed by atoms with E-state index < -0.39 is 10.0 Å². The molecule has 1 aromatic carbocycles. The van der Waals surface area contributed by atoms with E-state index >= 15 is 0 Å². The van der Waals surface area contributed by atoms with E-state index in [1.807, 2.05) is 0 Å². The van der Waals surface area contributed by atoms with Crippen molar-refractivity contribution in [1.29, 1.82) is 0 Å². The summed E-state index contributed by atoms with van der Waals surface area (Å²) in [5, 5.41) is 0. The third-order valence-electron chi connectivity index (χ3n) is 4.22. The number of amides is 1. The lowest BCUT2D eigenvalue weighted by Gasteiger charge is -2.18. The van der Waals surface area contributed by atoms with Crippen LogP contribution in [0.1, 0.15) is 29.9 Å². The van der Waals surface area contributed by atoms with Crippen LogP contribution in [-0.2, 0) is 23.6 Å². The molecule has 0 saturated heterocycles. The summed E-state index contributed by atoms with van der Waals surface area (Å²) in [7, 11) is -0.364. The standard InChI is InChI=1S/C18H24FN3O3S/c1-5-22(6-2)26(24,25)16-11-17(20(3)13-16)18(23)21(4)12-14-7-9-15(19)10-8-14/h7-11,13H,5-6,12H2,1-4H3. The van der Waals surface area contributed by atoms with Crippen molar-refractivity contribution in [1.82, 2.24) is 13.8 Å². The Kier molecular flexibility index (Phi) is 6.20. The number of aryl methyl sites for hydroxylation is 1. The largest absolute Gasteiger partial charge is 0.345 e. The molecule has 0 bridgehead atoms. The molecule has 1 heterocycles. The number of hydrogen-bond donors (Lipinski definition) is 0. The fraction of sp³-hybridized carbons (Fsp3) is 0.389. The summed E-state index contributed by atoms with van der Waals surface area (Å²) >= 11 is 0. The molecular weight excluding hydrogens is 357 g/mol. The number of benzene rings is 1. The van der Waals surface area contributed by atoms with Crippen LogP contribution < -0.4 is 0 Å². The minimum absolute atomic E-state index is 0.0993. The van der Waals surface area contributed by atoms with Crippen LogP contribution in [0.25, 0.3) is 0 Å². The highest BCUT2D eigenvalue weighted by Crippen LogP contribution is 2.20. The van der Waals surface area contributed by atoms with Crippen molar-refractivity contribution >= 4 is 15.9 Å². The van der Waals surface area contributed by atoms with Crippen LogP contribution in [0.3, 0.4) is 0 Å². The van der Waals surface area contributed by atoms with Crippen molar-refractivity contribution in [2.75, 3.05) is 20.1 Å². The molecule has 26 heavy (non-hydrogen) atoms. The molecule has 0 aliphatic heterocycles. The van der Waals surface area contributed by atoms with Gasteiger partial charge in [0.15, 0.2) is 0 Å². The van der Waals surface area contributed by atoms with Gasteiger partial charge in [0.25, 0.3) is 5.91 Å². The first kappa shape index (κ1) is 20.1. The number of aromatic nitrogens is 1. The molecule has 1 aromatic heterocycles. The van der Waals surface area contributed by atoms with Crippen LogP contribution in [0.2, 0.25) is 0 Å². The molecule has 0 fully saturated rings. The van der Waals surface area contributed by atoms with E-state index in [0.29, 0.717) is 19.6 Å². The number of carbonyl (C=O) groups is 1. The average molecular weight is 381 g/mol. The van der Waals surface area contributed by atoms with Crippen molar-refractivity contribution in [3.63, 3.8) is 0 Å². The molecule has 0 saturated carbocycles. The van der Waals surface area contributed by atoms with Gasteiger partial charge in [0.05, 0.1) is 0 Å². The van der Waals surface area contributed by atoms with Gasteiger partial charge in [-0.05, 0) is 23.8 Å². The predicted molar refractivity (Wildman–Crippen MR) is 97.7 cm³/mol. The second kappa shape index (κ2) is 8.01. The normalized spacial score (nSPS) is 11.8. The van der Waals surface area contributed by atoms with Crippen LogP contribution >= 0.6 is 0 Å². The first-order valence-electron chi connectivity index (χ1n) is 8.37. The van der Waals surface area contributed by atoms with Crippen molar-refractivity contribution in [3.8, 4) is 0 Å². The molecule has 6 nitrogen and oxygen atoms in total. The number of rotatable bonds is 7. The maximum atomic E-state index is 13.0. The van der Waals surface area contributed by atoms with E-state index in [0.717, 1.165) is 5.56 Å². The molecule has 2 rings (SSSR count). The summed E-state index contributed by atoms with van der Waals surface area (Å²) < 4.78 is 41.1. The van der Waals surface area contributed by atoms with E-state index in [2.05, 4.69) is 0 Å². The first-order chi connectivity index (χ1) is 12.2. The molecule has 0 spiro atoms. The summed E-state index contributed by atoms with van der Waals surface area (Å²) in [6, 6.07) is 7.30. The highest BCUT2D eigenvalue weighted by molar-refractivity contribution is 7.89. The van der Waals surface area contributed by atoms with Crippen LogP contribution in [-0.4, -0.2) is 48.2 Å². The van der Waals surface area contributed by atoms with Crippen molar-refractivity contribution in [3.05, 3.63) is 53.6 Å². The Morgan fingerprint density at radius 2 is 1.73 bits per heavy atom. The van der Waals surface area contributed by atoms with Gasteiger partial charge in [0, 0.05) is 39.9 Å². The lowest BCUT2D eigenvalue weighted by atomic mass is 10.2. The molecule has 0 N–H and O–H groups in total. The van der Waals surface area contributed by atoms with Crippen LogP contribution in [0.5, 0.6) is 0 Å². The molecular formula is C18H24FN3O3S. The van der Waals surface area contributed by atoms with Crippen LogP contribution in [0.15, 0.2) is 41.4 Å². The van der Waals surface area contributed by atoms with Crippen LogP contribution in [0, 0.1) is 5.82 Å². The molecule has 0 unspecified atom stereocenters. The number of halogens is 1. The first-order valence-corrected chi connectivity index (χ1v) is 9.81. The zero-order valence-corrected chi connectivity index (χ0v) is 16.3. The lowest BCUT2D eigenvalue weighted by Crippen LogP contribution is -2.30. The third kappa shape index (κ3) is 4.13. The highest BCUT2D eigenvalue weighted by Gasteiger charge is 2.26. The van der Waals surface area contributed by atoms with E-state index in [1.54, 1.807) is 40.1 Å². The molecule has 2 aromatic rings. The molecule has 0 aliphatic rings. The monoisotopic (exact) mass is 381 g/mol. The Labute approximate surface area is 153 Å². The Hall–Kier alpha value is -2.19. The Morgan fingerprint density at radius 3 is 2.27 bits per heavy atom. The molecule has 8 heteroatoms. The zero-order valence-electron chi connectivity index (χ0n) is 15.4. The Morgan fingerprint density at radius 1 is 1.15 bits per heavy atom. The van der Waals surface area contributed by atoms with Gasteiger partial charge in [0.2, 0.25) is 10.0 Å². The van der Waals surface area contributed by atoms with Crippen molar-refractivity contribution in [2.45, 2.75) is 25.3 Å². The Bertz CT molecular complexity index is 872. The van der Waals surface area contributed by atoms with Gasteiger partial charge < -0.3 is 9.47 Å². The van der Waals surface area contributed by atoms with E-state index in [4.69, 9.17) is 0 Å². The molecule has 1 amide bonds. The topological polar surface area (TPSA) is 62.6 Å². The SMILES string of the molecule is CCN(CC)S(=O)(=O)c1cc(C(=O)N(C)Cc2ccc(F)cc2)n(C)c1. The Balaban J connectivity index is 2.24. The van der Waals surface area contributed by atoms with Gasteiger partial charge in [0.1, 0.15) is 16.4 Å². The summed E-state index contributed by atoms with van der Waals surface area (Å²) in [5.74, 6) is -0.644. The molecule has 142 valence electrons. The lowest BCUT2D eigenvalue weighted by molar-refractivity contribution is 0.0775. The van der Waals surface area contributed by atoms with Gasteiger partial charge in [-0.15, -0.1) is 0 Å². The molecule has 0 radical (unpaired) electrons. The summed E-state index contributed by atoms with van der Waals surface area (Å²) in [6.45, 7) is 4.56. The van der Waals surface area contributed by atoms with Gasteiger partial charge in [-0.3, -0.25) is 4.79 Å². The fourth-order valence-electron chi connectivity index (χ4n) is 2.73. The van der Waals surface area contributed by atoms with Gasteiger partial charge in [-0.2, -0.15) is 4.31 Å². The fourth-order valence-corrected chi connectivity index (χ4v) is 4.26. The zero-order chi connectivity index (χ0) is 19.5. The number of sulfonamides is 1. The second-order valence-electron chi connectivity index (χ2n) is 6.05. The van der Waals surface area contributed by atoms with Crippen molar-refractivity contribution < 1.29 is 17.6 Å². The minimum atomic E-state index is -3.63. The summed E-state index contributed by atoms with van der Waals surface area (Å²) in [4.78, 5) is 14.3. The predicted octanol–water partition coefficient (Wildman–Crippen LogP) is 2.47. The van der Waals surface area contributed by atoms with Crippen molar-refractivity contribution in [2.24, 2.45) is 7.05 Å². The molecule has 0 aliphatic carbocycles. The van der Waals surface area contributed by atoms with Gasteiger partial charge in [-0.25, -0.2) is 12.8 Å². The quantitative estimate of drug-likeness (QED) is 0.740. The molecule has 0 atom stereocenters. The van der Waals surface area contributed by atoms with Crippen LogP contribution in [0.4, 0.5) is 4.39 Å². The number of carbonyl (C=O) groups excluding carboxylic acids is 1. The van der Waals surface area contributed by atoms with E-state index in [9.17, 15) is 17.6 Å². The smallest absolute Gasteiger partial charge is 0.270 e. The van der Waals surface area contributed by atoms with Gasteiger partial charge >= 0.3 is 0 Å². The van der Waals surface area contributed by atoms with E-state index in [1.165, 1.54) is 38.2 Å². The second-order valence-corrected chi connectivity index (χ2v) is 7.99. The maximum absolute atomic E-state index is 13.0. The average Bonchev–Trinajstić information content (AvgIpc) is 2.99. The summed E-state index contributed by atoms with van der Waals surface area (Å²) in [6.07, 6.45) is 1.45. The number of nitrogens with zero attached hydrogens (tertiary/aromatic N) is 3. The highest BCUT2D eigenvalue weighted by atomic mass is 32.2. The third-order valence-corrected chi connectivity index (χ3v) is 6.24. The van der Waals surface area contributed by atoms with Gasteiger partial charge in [-0.1, -0.05) is 26.0 Å².